The Hall–Kier alpha value is -1.01. The van der Waals surface area contributed by atoms with E-state index in [2.05, 4.69) is 19.2 Å². The molecule has 12 unspecified atom stereocenters. The fourth-order valence-electron chi connectivity index (χ4n) is 13.4. The quantitative estimate of drug-likeness (QED) is 0.0259. The summed E-state index contributed by atoms with van der Waals surface area (Å²) in [6.45, 7) is 2.94. The maximum Gasteiger partial charge on any atom is 0.220 e. The minimum Gasteiger partial charge on any atom is -0.394 e. The summed E-state index contributed by atoms with van der Waals surface area (Å²) < 4.78 is 23.0. The summed E-state index contributed by atoms with van der Waals surface area (Å²) >= 11 is 0. The van der Waals surface area contributed by atoms with Crippen molar-refractivity contribution < 1.29 is 64.6 Å². The van der Waals surface area contributed by atoms with Gasteiger partial charge in [-0.25, -0.2) is 0 Å². The topological polar surface area (TPSA) is 228 Å². The number of carbonyl (C=O) groups excluding carboxylic acids is 1. The van der Waals surface area contributed by atoms with Gasteiger partial charge in [0.2, 0.25) is 5.91 Å². The zero-order chi connectivity index (χ0) is 64.5. The van der Waals surface area contributed by atoms with Crippen molar-refractivity contribution in [3.8, 4) is 0 Å². The molecule has 2 fully saturated rings. The van der Waals surface area contributed by atoms with E-state index in [9.17, 15) is 45.6 Å². The molecular weight excluding hydrogens is 1120 g/mol. The summed E-state index contributed by atoms with van der Waals surface area (Å²) in [4.78, 5) is 13.4. The van der Waals surface area contributed by atoms with Crippen LogP contribution in [0.5, 0.6) is 0 Å². The first-order valence-electron chi connectivity index (χ1n) is 38.8. The van der Waals surface area contributed by atoms with E-state index in [1.807, 2.05) is 0 Å². The van der Waals surface area contributed by atoms with Gasteiger partial charge in [0.1, 0.15) is 48.8 Å². The minimum absolute atomic E-state index is 0.196. The highest BCUT2D eigenvalue weighted by Crippen LogP contribution is 2.30. The number of hydrogen-bond acceptors (Lipinski definition) is 13. The van der Waals surface area contributed by atoms with E-state index in [0.29, 0.717) is 12.8 Å². The van der Waals surface area contributed by atoms with E-state index < -0.39 is 86.8 Å². The summed E-state index contributed by atoms with van der Waals surface area (Å²) in [6, 6.07) is -0.825. The normalized spacial score (nSPS) is 22.9. The SMILES string of the molecule is CCCCCCCCCCCCCCCCCCCCCCCCCCCCCCCCCC(O)C(COC1OC(CO)C(OC2OC(CO)C(O)C(O)C2O)C(O)C1O)NC(=O)CCCCCCCCCCCCCCCCCCCCCCCCCC. The van der Waals surface area contributed by atoms with Crippen molar-refractivity contribution in [3.63, 3.8) is 0 Å². The van der Waals surface area contributed by atoms with Gasteiger partial charge >= 0.3 is 0 Å². The lowest BCUT2D eigenvalue weighted by Crippen LogP contribution is -2.65. The Balaban J connectivity index is 1.61. The molecule has 0 aromatic heterocycles. The molecule has 0 saturated carbocycles. The van der Waals surface area contributed by atoms with Crippen LogP contribution in [0.4, 0.5) is 0 Å². The van der Waals surface area contributed by atoms with Gasteiger partial charge in [-0.2, -0.15) is 0 Å². The van der Waals surface area contributed by atoms with Crippen LogP contribution in [0.1, 0.15) is 380 Å². The largest absolute Gasteiger partial charge is 0.394 e. The summed E-state index contributed by atoms with van der Waals surface area (Å²) in [5.41, 5.74) is 0. The highest BCUT2D eigenvalue weighted by Gasteiger charge is 2.51. The van der Waals surface area contributed by atoms with Crippen LogP contribution in [-0.2, 0) is 23.7 Å². The number of rotatable bonds is 66. The molecule has 2 aliphatic rings. The smallest absolute Gasteiger partial charge is 0.220 e. The molecule has 0 bridgehead atoms. The summed E-state index contributed by atoms with van der Waals surface area (Å²) in [7, 11) is 0. The number of nitrogens with one attached hydrogen (secondary N) is 1. The maximum absolute atomic E-state index is 13.4. The maximum atomic E-state index is 13.4. The average molecular weight is 1270 g/mol. The van der Waals surface area contributed by atoms with Crippen LogP contribution in [0.3, 0.4) is 0 Å². The van der Waals surface area contributed by atoms with Crippen molar-refractivity contribution in [2.75, 3.05) is 19.8 Å². The molecule has 0 aliphatic carbocycles. The Morgan fingerprint density at radius 2 is 0.640 bits per heavy atom. The van der Waals surface area contributed by atoms with Crippen molar-refractivity contribution in [3.05, 3.63) is 0 Å². The molecule has 2 saturated heterocycles. The fourth-order valence-corrected chi connectivity index (χ4v) is 13.4. The molecule has 0 aromatic carbocycles. The van der Waals surface area contributed by atoms with E-state index in [1.165, 1.54) is 302 Å². The lowest BCUT2D eigenvalue weighted by atomic mass is 9.97. The Morgan fingerprint density at radius 1 is 0.360 bits per heavy atom. The van der Waals surface area contributed by atoms with Gasteiger partial charge in [-0.1, -0.05) is 361 Å². The second-order valence-electron chi connectivity index (χ2n) is 27.9. The molecular formula is C75H147NO13. The molecule has 14 nitrogen and oxygen atoms in total. The van der Waals surface area contributed by atoms with Crippen LogP contribution in [0.15, 0.2) is 0 Å². The third-order valence-corrected chi connectivity index (χ3v) is 19.6. The fraction of sp³-hybridized carbons (Fsp3) is 0.987. The molecule has 12 atom stereocenters. The lowest BCUT2D eigenvalue weighted by molar-refractivity contribution is -0.359. The Kier molecular flexibility index (Phi) is 57.3. The van der Waals surface area contributed by atoms with Crippen LogP contribution in [0, 0.1) is 0 Å². The summed E-state index contributed by atoms with van der Waals surface area (Å²) in [5.74, 6) is -0.196. The van der Waals surface area contributed by atoms with Crippen LogP contribution in [0.2, 0.25) is 0 Å². The van der Waals surface area contributed by atoms with Crippen molar-refractivity contribution in [2.24, 2.45) is 0 Å². The summed E-state index contributed by atoms with van der Waals surface area (Å²) in [6.07, 6.45) is 57.1. The Labute approximate surface area is 546 Å². The highest BCUT2D eigenvalue weighted by molar-refractivity contribution is 5.76. The van der Waals surface area contributed by atoms with Crippen molar-refractivity contribution in [2.45, 2.75) is 453 Å². The number of unbranched alkanes of at least 4 members (excludes halogenated alkanes) is 53. The number of hydrogen-bond donors (Lipinski definition) is 9. The molecule has 0 spiro atoms. The van der Waals surface area contributed by atoms with E-state index in [1.54, 1.807) is 0 Å². The monoisotopic (exact) mass is 1270 g/mol. The number of aliphatic hydroxyl groups is 8. The first-order chi connectivity index (χ1) is 43.6. The van der Waals surface area contributed by atoms with E-state index in [4.69, 9.17) is 18.9 Å². The van der Waals surface area contributed by atoms with Crippen LogP contribution in [0.25, 0.3) is 0 Å². The molecule has 0 aromatic rings. The minimum atomic E-state index is -1.78. The molecule has 2 aliphatic heterocycles. The highest BCUT2D eigenvalue weighted by atomic mass is 16.7. The molecule has 2 rings (SSSR count). The van der Waals surface area contributed by atoms with Gasteiger partial charge in [-0.05, 0) is 12.8 Å². The number of aliphatic hydroxyl groups excluding tert-OH is 8. The Morgan fingerprint density at radius 3 is 0.955 bits per heavy atom. The molecule has 530 valence electrons. The molecule has 9 N–H and O–H groups in total. The van der Waals surface area contributed by atoms with Crippen molar-refractivity contribution in [1.29, 1.82) is 0 Å². The molecule has 0 radical (unpaired) electrons. The second kappa shape index (κ2) is 60.6. The molecule has 2 heterocycles. The zero-order valence-corrected chi connectivity index (χ0v) is 58.0. The first kappa shape index (κ1) is 84.1. The number of ether oxygens (including phenoxy) is 4. The van der Waals surface area contributed by atoms with Gasteiger partial charge in [0.05, 0.1) is 32.0 Å². The second-order valence-corrected chi connectivity index (χ2v) is 27.9. The van der Waals surface area contributed by atoms with Crippen LogP contribution >= 0.6 is 0 Å². The number of carbonyl (C=O) groups is 1. The van der Waals surface area contributed by atoms with Crippen LogP contribution in [-0.4, -0.2) is 140 Å². The third kappa shape index (κ3) is 44.4. The van der Waals surface area contributed by atoms with E-state index >= 15 is 0 Å². The van der Waals surface area contributed by atoms with Gasteiger partial charge in [0.15, 0.2) is 12.6 Å². The predicted octanol–water partition coefficient (Wildman–Crippen LogP) is 16.7. The van der Waals surface area contributed by atoms with Crippen LogP contribution < -0.4 is 5.32 Å². The van der Waals surface area contributed by atoms with E-state index in [0.717, 1.165) is 51.4 Å². The lowest BCUT2D eigenvalue weighted by Gasteiger charge is -2.46. The molecule has 1 amide bonds. The van der Waals surface area contributed by atoms with Gasteiger partial charge in [0, 0.05) is 6.42 Å². The van der Waals surface area contributed by atoms with Gasteiger partial charge in [0.25, 0.3) is 0 Å². The van der Waals surface area contributed by atoms with Gasteiger partial charge < -0.3 is 65.1 Å². The van der Waals surface area contributed by atoms with Gasteiger partial charge in [-0.3, -0.25) is 4.79 Å². The van der Waals surface area contributed by atoms with Gasteiger partial charge in [-0.15, -0.1) is 0 Å². The molecule has 89 heavy (non-hydrogen) atoms. The predicted molar refractivity (Wildman–Crippen MR) is 365 cm³/mol. The van der Waals surface area contributed by atoms with Crippen molar-refractivity contribution in [1.82, 2.24) is 5.32 Å². The first-order valence-corrected chi connectivity index (χ1v) is 38.8. The zero-order valence-electron chi connectivity index (χ0n) is 58.0. The third-order valence-electron chi connectivity index (χ3n) is 19.6. The average Bonchev–Trinajstić information content (AvgIpc) is 3.61. The number of amides is 1. The molecule has 14 heteroatoms. The summed E-state index contributed by atoms with van der Waals surface area (Å²) in [5, 5.41) is 87.8. The Bertz CT molecular complexity index is 1500. The standard InChI is InChI=1S/C75H147NO13/c1-3-5-7-9-11-13-15-17-19-21-23-25-27-29-30-31-32-33-34-35-36-38-40-42-44-46-48-50-52-54-56-58-64(79)63(62-86-74-72(85)70(83)73(66(61-78)88-74)89-75-71(84)69(82)68(81)65(60-77)87-75)76-67(80)59-57-55-53-51-49-47-45-43-41-39-37-28-26-24-22-20-18-16-14-12-10-8-6-4-2/h63-66,68-75,77-79,81-85H,3-62H2,1-2H3,(H,76,80). The van der Waals surface area contributed by atoms with Crippen molar-refractivity contribution >= 4 is 5.91 Å². The van der Waals surface area contributed by atoms with E-state index in [-0.39, 0.29) is 12.5 Å².